The van der Waals surface area contributed by atoms with E-state index in [0.717, 1.165) is 71.4 Å². The van der Waals surface area contributed by atoms with Gasteiger partial charge in [-0.2, -0.15) is 0 Å². The summed E-state index contributed by atoms with van der Waals surface area (Å²) in [6, 6.07) is 0. The van der Waals surface area contributed by atoms with Crippen LogP contribution in [0.3, 0.4) is 0 Å². The molecule has 2 heterocycles. The maximum absolute atomic E-state index is 13.2. The van der Waals surface area contributed by atoms with Crippen molar-refractivity contribution in [2.24, 2.45) is 17.8 Å². The van der Waals surface area contributed by atoms with E-state index < -0.39 is 0 Å². The standard InChI is InChI=1S/C23H40N2O4/c26-16-15-25-13-11-24(12-14-25)10-5-17-28-23(27)22-18-6-1-3-8-20(18)29-21-9-4-2-7-19(21)22/h18-22,26H,1-17H2. The first-order valence-corrected chi connectivity index (χ1v) is 12.1. The summed E-state index contributed by atoms with van der Waals surface area (Å²) in [5, 5.41) is 9.05. The summed E-state index contributed by atoms with van der Waals surface area (Å²) in [5.41, 5.74) is 0. The number of hydrogen-bond acceptors (Lipinski definition) is 6. The molecule has 0 aromatic carbocycles. The van der Waals surface area contributed by atoms with Gasteiger partial charge in [0.1, 0.15) is 0 Å². The average molecular weight is 409 g/mol. The van der Waals surface area contributed by atoms with Crippen molar-refractivity contribution in [3.8, 4) is 0 Å². The van der Waals surface area contributed by atoms with Crippen LogP contribution in [0, 0.1) is 17.8 Å². The van der Waals surface area contributed by atoms with E-state index in [4.69, 9.17) is 14.6 Å². The topological polar surface area (TPSA) is 62.2 Å². The van der Waals surface area contributed by atoms with E-state index in [1.807, 2.05) is 0 Å². The quantitative estimate of drug-likeness (QED) is 0.515. The molecule has 4 fully saturated rings. The lowest BCUT2D eigenvalue weighted by Gasteiger charge is -2.50. The van der Waals surface area contributed by atoms with E-state index in [1.54, 1.807) is 0 Å². The van der Waals surface area contributed by atoms with Crippen LogP contribution in [0.2, 0.25) is 0 Å². The molecule has 0 amide bonds. The highest BCUT2D eigenvalue weighted by atomic mass is 16.5. The number of ether oxygens (including phenoxy) is 2. The number of piperazine rings is 1. The number of aliphatic hydroxyl groups is 1. The molecule has 166 valence electrons. The summed E-state index contributed by atoms with van der Waals surface area (Å²) in [6.07, 6.45) is 10.9. The van der Waals surface area contributed by atoms with Crippen molar-refractivity contribution < 1.29 is 19.4 Å². The van der Waals surface area contributed by atoms with Gasteiger partial charge in [-0.15, -0.1) is 0 Å². The Bertz CT molecular complexity index is 501. The molecule has 1 N–H and O–H groups in total. The highest BCUT2D eigenvalue weighted by Crippen LogP contribution is 2.47. The van der Waals surface area contributed by atoms with Crippen LogP contribution in [0.5, 0.6) is 0 Å². The third-order valence-corrected chi connectivity index (χ3v) is 7.80. The van der Waals surface area contributed by atoms with Gasteiger partial charge in [-0.25, -0.2) is 0 Å². The zero-order valence-electron chi connectivity index (χ0n) is 18.0. The average Bonchev–Trinajstić information content (AvgIpc) is 2.76. The van der Waals surface area contributed by atoms with Crippen LogP contribution in [0.25, 0.3) is 0 Å². The summed E-state index contributed by atoms with van der Waals surface area (Å²) in [6.45, 7) is 6.69. The zero-order chi connectivity index (χ0) is 20.1. The van der Waals surface area contributed by atoms with E-state index in [2.05, 4.69) is 9.80 Å². The second kappa shape index (κ2) is 10.6. The maximum atomic E-state index is 13.2. The summed E-state index contributed by atoms with van der Waals surface area (Å²) in [5.74, 6) is 0.904. The predicted molar refractivity (Wildman–Crippen MR) is 112 cm³/mol. The highest BCUT2D eigenvalue weighted by Gasteiger charge is 2.50. The fraction of sp³-hybridized carbons (Fsp3) is 0.957. The smallest absolute Gasteiger partial charge is 0.309 e. The van der Waals surface area contributed by atoms with E-state index >= 15 is 0 Å². The van der Waals surface area contributed by atoms with Crippen LogP contribution in [0.1, 0.15) is 57.8 Å². The molecule has 2 aliphatic carbocycles. The zero-order valence-corrected chi connectivity index (χ0v) is 18.0. The molecule has 2 aliphatic heterocycles. The van der Waals surface area contributed by atoms with Gasteiger partial charge in [0, 0.05) is 39.3 Å². The summed E-state index contributed by atoms with van der Waals surface area (Å²) in [4.78, 5) is 17.9. The van der Waals surface area contributed by atoms with Crippen LogP contribution in [0.15, 0.2) is 0 Å². The lowest BCUT2D eigenvalue weighted by atomic mass is 9.65. The number of esters is 1. The Morgan fingerprint density at radius 2 is 1.41 bits per heavy atom. The number of hydrogen-bond donors (Lipinski definition) is 1. The van der Waals surface area contributed by atoms with Crippen LogP contribution in [-0.4, -0.2) is 85.6 Å². The second-order valence-electron chi connectivity index (χ2n) is 9.56. The van der Waals surface area contributed by atoms with Crippen LogP contribution in [-0.2, 0) is 14.3 Å². The molecule has 4 rings (SSSR count). The number of carbonyl (C=O) groups is 1. The van der Waals surface area contributed by atoms with Gasteiger partial charge in [0.2, 0.25) is 0 Å². The molecule has 6 nitrogen and oxygen atoms in total. The molecule has 0 spiro atoms. The Labute approximate surface area is 175 Å². The monoisotopic (exact) mass is 408 g/mol. The first-order valence-electron chi connectivity index (χ1n) is 12.1. The first-order chi connectivity index (χ1) is 14.3. The molecule has 4 unspecified atom stereocenters. The van der Waals surface area contributed by atoms with Crippen molar-refractivity contribution in [1.82, 2.24) is 9.80 Å². The molecule has 6 heteroatoms. The van der Waals surface area contributed by atoms with Gasteiger partial charge in [0.25, 0.3) is 0 Å². The minimum atomic E-state index is 0.0647. The van der Waals surface area contributed by atoms with Crippen molar-refractivity contribution >= 4 is 5.97 Å². The Morgan fingerprint density at radius 3 is 2.00 bits per heavy atom. The largest absolute Gasteiger partial charge is 0.465 e. The van der Waals surface area contributed by atoms with Gasteiger partial charge >= 0.3 is 5.97 Å². The van der Waals surface area contributed by atoms with Crippen molar-refractivity contribution in [3.05, 3.63) is 0 Å². The summed E-state index contributed by atoms with van der Waals surface area (Å²) < 4.78 is 12.3. The molecule has 4 atom stereocenters. The molecule has 29 heavy (non-hydrogen) atoms. The number of rotatable bonds is 7. The van der Waals surface area contributed by atoms with Crippen molar-refractivity contribution in [3.63, 3.8) is 0 Å². The minimum Gasteiger partial charge on any atom is -0.465 e. The lowest BCUT2D eigenvalue weighted by molar-refractivity contribution is -0.193. The van der Waals surface area contributed by atoms with E-state index in [1.165, 1.54) is 25.7 Å². The Kier molecular flexibility index (Phi) is 7.84. The normalized spacial score (nSPS) is 36.2. The minimum absolute atomic E-state index is 0.0647. The van der Waals surface area contributed by atoms with Gasteiger partial charge in [0.05, 0.1) is 31.3 Å². The number of fused-ring (bicyclic) bond motifs is 2. The first kappa shape index (κ1) is 21.5. The predicted octanol–water partition coefficient (Wildman–Crippen LogP) is 2.29. The van der Waals surface area contributed by atoms with Gasteiger partial charge < -0.3 is 19.5 Å². The van der Waals surface area contributed by atoms with Crippen LogP contribution >= 0.6 is 0 Å². The molecule has 0 aromatic rings. The fourth-order valence-electron chi connectivity index (χ4n) is 6.24. The van der Waals surface area contributed by atoms with E-state index in [0.29, 0.717) is 18.4 Å². The van der Waals surface area contributed by atoms with Crippen molar-refractivity contribution in [2.45, 2.75) is 70.0 Å². The number of β-amino-alcohol motifs (C(OH)–C–C–N with tert-alkyl or cyclic N) is 1. The number of carbonyl (C=O) groups excluding carboxylic acids is 1. The van der Waals surface area contributed by atoms with Crippen LogP contribution in [0.4, 0.5) is 0 Å². The number of nitrogens with zero attached hydrogens (tertiary/aromatic N) is 2. The molecule has 0 radical (unpaired) electrons. The SMILES string of the molecule is O=C(OCCCN1CCN(CCO)CC1)C1C2CCCCC2OC2CCCCC21. The second-order valence-corrected chi connectivity index (χ2v) is 9.56. The molecular formula is C23H40N2O4. The van der Waals surface area contributed by atoms with Crippen molar-refractivity contribution in [1.29, 1.82) is 0 Å². The summed E-state index contributed by atoms with van der Waals surface area (Å²) >= 11 is 0. The van der Waals surface area contributed by atoms with Gasteiger partial charge in [-0.3, -0.25) is 9.69 Å². The molecule has 2 saturated heterocycles. The maximum Gasteiger partial charge on any atom is 0.309 e. The lowest BCUT2D eigenvalue weighted by Crippen LogP contribution is -2.53. The fourth-order valence-corrected chi connectivity index (χ4v) is 6.24. The molecule has 0 aromatic heterocycles. The molecule has 0 bridgehead atoms. The molecule has 4 aliphatic rings. The van der Waals surface area contributed by atoms with E-state index in [9.17, 15) is 4.79 Å². The highest BCUT2D eigenvalue weighted by molar-refractivity contribution is 5.73. The Hall–Kier alpha value is -0.690. The number of aliphatic hydroxyl groups excluding tert-OH is 1. The third kappa shape index (κ3) is 5.33. The van der Waals surface area contributed by atoms with Gasteiger partial charge in [-0.1, -0.05) is 25.7 Å². The Morgan fingerprint density at radius 1 is 0.862 bits per heavy atom. The van der Waals surface area contributed by atoms with Crippen molar-refractivity contribution in [2.75, 3.05) is 52.5 Å². The van der Waals surface area contributed by atoms with Gasteiger partial charge in [0.15, 0.2) is 0 Å². The van der Waals surface area contributed by atoms with E-state index in [-0.39, 0.29) is 30.7 Å². The Balaban J connectivity index is 1.23. The summed E-state index contributed by atoms with van der Waals surface area (Å²) in [7, 11) is 0. The molecular weight excluding hydrogens is 368 g/mol. The molecule has 2 saturated carbocycles. The third-order valence-electron chi connectivity index (χ3n) is 7.80. The van der Waals surface area contributed by atoms with Gasteiger partial charge in [-0.05, 0) is 43.9 Å². The van der Waals surface area contributed by atoms with Crippen LogP contribution < -0.4 is 0 Å².